The molecule has 0 unspecified atom stereocenters. The lowest BCUT2D eigenvalue weighted by molar-refractivity contribution is 0.670. The smallest absolute Gasteiger partial charge is 0.167 e. The molecule has 0 saturated heterocycles. The fraction of sp³-hybridized carbons (Fsp3) is 0. The Labute approximate surface area is 292 Å². The van der Waals surface area contributed by atoms with Crippen molar-refractivity contribution in [2.24, 2.45) is 0 Å². The third-order valence-electron chi connectivity index (χ3n) is 9.37. The van der Waals surface area contributed by atoms with Gasteiger partial charge in [0.05, 0.1) is 5.56 Å². The normalized spacial score (nSPS) is 11.6. The number of fused-ring (bicyclic) bond motifs is 6. The minimum absolute atomic E-state index is 0.572. The maximum atomic E-state index is 6.96. The van der Waals surface area contributed by atoms with Gasteiger partial charge in [0, 0.05) is 53.2 Å². The Morgan fingerprint density at radius 1 is 0.360 bits per heavy atom. The van der Waals surface area contributed by atoms with Gasteiger partial charge in [-0.1, -0.05) is 152 Å². The van der Waals surface area contributed by atoms with Crippen LogP contribution in [0, 0.1) is 0 Å². The van der Waals surface area contributed by atoms with E-state index in [1.807, 2.05) is 78.1 Å². The van der Waals surface area contributed by atoms with Gasteiger partial charge in [-0.2, -0.15) is 0 Å². The molecule has 0 N–H and O–H groups in total. The Hall–Kier alpha value is -6.43. The van der Waals surface area contributed by atoms with E-state index >= 15 is 0 Å². The highest BCUT2D eigenvalue weighted by molar-refractivity contribution is 7.26. The van der Waals surface area contributed by atoms with E-state index in [4.69, 9.17) is 19.4 Å². The second-order valence-electron chi connectivity index (χ2n) is 12.3. The van der Waals surface area contributed by atoms with E-state index in [1.54, 1.807) is 0 Å². The first-order valence-electron chi connectivity index (χ1n) is 16.6. The van der Waals surface area contributed by atoms with Crippen molar-refractivity contribution in [3.8, 4) is 56.4 Å². The van der Waals surface area contributed by atoms with Crippen molar-refractivity contribution in [2.45, 2.75) is 0 Å². The molecule has 7 aromatic carbocycles. The maximum absolute atomic E-state index is 6.96. The molecule has 0 atom stereocenters. The van der Waals surface area contributed by atoms with Gasteiger partial charge in [0.15, 0.2) is 17.5 Å². The lowest BCUT2D eigenvalue weighted by Gasteiger charge is -2.10. The summed E-state index contributed by atoms with van der Waals surface area (Å²) in [5, 5.41) is 4.62. The molecule has 10 rings (SSSR count). The van der Waals surface area contributed by atoms with Crippen LogP contribution in [-0.4, -0.2) is 15.0 Å². The molecule has 0 aliphatic carbocycles. The molecule has 0 bridgehead atoms. The molecule has 50 heavy (non-hydrogen) atoms. The van der Waals surface area contributed by atoms with E-state index in [9.17, 15) is 0 Å². The first-order valence-corrected chi connectivity index (χ1v) is 17.4. The predicted octanol–water partition coefficient (Wildman–Crippen LogP) is 12.5. The second-order valence-corrected chi connectivity index (χ2v) is 13.4. The summed E-state index contributed by atoms with van der Waals surface area (Å²) >= 11 is 1.84. The topological polar surface area (TPSA) is 51.8 Å². The summed E-state index contributed by atoms with van der Waals surface area (Å²) in [6.07, 6.45) is 0. The van der Waals surface area contributed by atoms with Gasteiger partial charge in [-0.05, 0) is 23.3 Å². The number of benzene rings is 7. The molecule has 0 aliphatic heterocycles. The standard InChI is InChI=1S/C45H27N3OS/c1-4-14-28(15-5-1)31-26-27-35(42-39(31)36-20-10-11-25-38(36)50-42)34-23-12-21-32-33-22-13-24-37(41(33)49-40(32)34)45-47-43(29-16-6-2-7-17-29)46-44(48-45)30-18-8-3-9-19-30/h1-27H. The minimum Gasteiger partial charge on any atom is -0.455 e. The molecule has 5 heteroatoms. The van der Waals surface area contributed by atoms with Gasteiger partial charge >= 0.3 is 0 Å². The summed E-state index contributed by atoms with van der Waals surface area (Å²) in [6, 6.07) is 56.7. The van der Waals surface area contributed by atoms with Crippen LogP contribution in [0.2, 0.25) is 0 Å². The van der Waals surface area contributed by atoms with Crippen molar-refractivity contribution < 1.29 is 4.42 Å². The van der Waals surface area contributed by atoms with Crippen LogP contribution in [0.25, 0.3) is 98.5 Å². The zero-order chi connectivity index (χ0) is 33.0. The molecule has 4 nitrogen and oxygen atoms in total. The number of rotatable bonds is 5. The quantitative estimate of drug-likeness (QED) is 0.185. The summed E-state index contributed by atoms with van der Waals surface area (Å²) in [4.78, 5) is 14.9. The molecule has 10 aromatic rings. The van der Waals surface area contributed by atoms with Gasteiger partial charge in [0.2, 0.25) is 0 Å². The van der Waals surface area contributed by atoms with Gasteiger partial charge in [0.1, 0.15) is 11.2 Å². The lowest BCUT2D eigenvalue weighted by Crippen LogP contribution is -2.00. The van der Waals surface area contributed by atoms with Crippen molar-refractivity contribution >= 4 is 53.4 Å². The summed E-state index contributed by atoms with van der Waals surface area (Å²) in [6.45, 7) is 0. The van der Waals surface area contributed by atoms with E-state index in [0.717, 1.165) is 49.8 Å². The summed E-state index contributed by atoms with van der Waals surface area (Å²) < 4.78 is 9.47. The first-order chi connectivity index (χ1) is 24.8. The highest BCUT2D eigenvalue weighted by atomic mass is 32.1. The van der Waals surface area contributed by atoms with Crippen LogP contribution in [0.5, 0.6) is 0 Å². The van der Waals surface area contributed by atoms with Crippen molar-refractivity contribution in [2.75, 3.05) is 0 Å². The zero-order valence-electron chi connectivity index (χ0n) is 26.7. The molecule has 0 amide bonds. The van der Waals surface area contributed by atoms with Crippen LogP contribution in [0.4, 0.5) is 0 Å². The van der Waals surface area contributed by atoms with Crippen LogP contribution in [0.3, 0.4) is 0 Å². The molecule has 0 aliphatic rings. The number of hydrogen-bond acceptors (Lipinski definition) is 5. The van der Waals surface area contributed by atoms with E-state index in [1.165, 1.54) is 31.3 Å². The van der Waals surface area contributed by atoms with Gasteiger partial charge < -0.3 is 4.42 Å². The van der Waals surface area contributed by atoms with Crippen LogP contribution in [-0.2, 0) is 0 Å². The predicted molar refractivity (Wildman–Crippen MR) is 207 cm³/mol. The highest BCUT2D eigenvalue weighted by Crippen LogP contribution is 2.47. The van der Waals surface area contributed by atoms with E-state index in [2.05, 4.69) is 97.1 Å². The lowest BCUT2D eigenvalue weighted by atomic mass is 9.94. The average molecular weight is 658 g/mol. The molecular formula is C45H27N3OS. The largest absolute Gasteiger partial charge is 0.455 e. The van der Waals surface area contributed by atoms with Gasteiger partial charge in [0.25, 0.3) is 0 Å². The number of para-hydroxylation sites is 2. The second kappa shape index (κ2) is 11.6. The molecule has 0 saturated carbocycles. The average Bonchev–Trinajstić information content (AvgIpc) is 3.78. The van der Waals surface area contributed by atoms with E-state index in [0.29, 0.717) is 17.5 Å². The van der Waals surface area contributed by atoms with Crippen molar-refractivity contribution in [1.29, 1.82) is 0 Å². The Kier molecular flexibility index (Phi) is 6.64. The number of aromatic nitrogens is 3. The van der Waals surface area contributed by atoms with Crippen LogP contribution in [0.15, 0.2) is 168 Å². The van der Waals surface area contributed by atoms with Gasteiger partial charge in [-0.25, -0.2) is 15.0 Å². The zero-order valence-corrected chi connectivity index (χ0v) is 27.6. The molecule has 0 fully saturated rings. The summed E-state index contributed by atoms with van der Waals surface area (Å²) in [5.74, 6) is 1.81. The Morgan fingerprint density at radius 2 is 0.860 bits per heavy atom. The molecule has 234 valence electrons. The van der Waals surface area contributed by atoms with Crippen LogP contribution in [0.1, 0.15) is 0 Å². The van der Waals surface area contributed by atoms with Crippen molar-refractivity contribution in [3.05, 3.63) is 164 Å². The maximum Gasteiger partial charge on any atom is 0.167 e. The van der Waals surface area contributed by atoms with E-state index < -0.39 is 0 Å². The summed E-state index contributed by atoms with van der Waals surface area (Å²) in [7, 11) is 0. The molecule has 0 spiro atoms. The van der Waals surface area contributed by atoms with Gasteiger partial charge in [-0.15, -0.1) is 11.3 Å². The SMILES string of the molecule is c1ccc(-c2nc(-c3ccccc3)nc(-c3cccc4c3oc3c(-c5ccc(-c6ccccc6)c6c5sc5ccccc56)cccc34)n2)cc1. The fourth-order valence-electron chi connectivity index (χ4n) is 7.04. The van der Waals surface area contributed by atoms with Crippen LogP contribution >= 0.6 is 11.3 Å². The third-order valence-corrected chi connectivity index (χ3v) is 10.6. The highest BCUT2D eigenvalue weighted by Gasteiger charge is 2.21. The van der Waals surface area contributed by atoms with Gasteiger partial charge in [-0.3, -0.25) is 0 Å². The van der Waals surface area contributed by atoms with Crippen molar-refractivity contribution in [3.63, 3.8) is 0 Å². The Morgan fingerprint density at radius 3 is 1.52 bits per heavy atom. The van der Waals surface area contributed by atoms with Crippen molar-refractivity contribution in [1.82, 2.24) is 15.0 Å². The number of furan rings is 1. The molecule has 3 heterocycles. The van der Waals surface area contributed by atoms with E-state index in [-0.39, 0.29) is 0 Å². The Bertz CT molecular complexity index is 2800. The minimum atomic E-state index is 0.572. The number of nitrogens with zero attached hydrogens (tertiary/aromatic N) is 3. The fourth-order valence-corrected chi connectivity index (χ4v) is 8.29. The molecular weight excluding hydrogens is 631 g/mol. The monoisotopic (exact) mass is 657 g/mol. The molecule has 3 aromatic heterocycles. The Balaban J connectivity index is 1.21. The number of thiophene rings is 1. The summed E-state index contributed by atoms with van der Waals surface area (Å²) in [5.41, 5.74) is 8.96. The number of hydrogen-bond donors (Lipinski definition) is 0. The van der Waals surface area contributed by atoms with Crippen LogP contribution < -0.4 is 0 Å². The first kappa shape index (κ1) is 28.6. The molecule has 0 radical (unpaired) electrons. The third kappa shape index (κ3) is 4.63.